The van der Waals surface area contributed by atoms with Crippen molar-refractivity contribution in [3.63, 3.8) is 0 Å². The van der Waals surface area contributed by atoms with Crippen LogP contribution in [0.5, 0.6) is 23.0 Å². The Morgan fingerprint density at radius 1 is 0.844 bits per heavy atom. The third kappa shape index (κ3) is 8.55. The van der Waals surface area contributed by atoms with Crippen LogP contribution in [0.3, 0.4) is 0 Å². The quantitative estimate of drug-likeness (QED) is 0.0618. The van der Waals surface area contributed by atoms with Gasteiger partial charge in [-0.15, -0.1) is 5.11 Å². The van der Waals surface area contributed by atoms with Crippen molar-refractivity contribution in [3.8, 4) is 23.0 Å². The number of aliphatic hydroxyl groups excluding tert-OH is 1. The normalized spacial score (nSPS) is 12.4. The number of hydrogen-bond acceptors (Lipinski definition) is 11. The number of aromatic hydroxyl groups is 2. The van der Waals surface area contributed by atoms with Gasteiger partial charge >= 0.3 is 0 Å². The van der Waals surface area contributed by atoms with E-state index in [9.17, 15) is 28.5 Å². The highest BCUT2D eigenvalue weighted by atomic mass is 32.2. The van der Waals surface area contributed by atoms with Crippen molar-refractivity contribution in [1.82, 2.24) is 4.98 Å². The third-order valence-corrected chi connectivity index (χ3v) is 7.43. The highest BCUT2D eigenvalue weighted by molar-refractivity contribution is 7.92. The summed E-state index contributed by atoms with van der Waals surface area (Å²) in [6.07, 6.45) is 6.76. The summed E-state index contributed by atoms with van der Waals surface area (Å²) in [6, 6.07) is 19.2. The first kappa shape index (κ1) is 32.0. The number of nitrogens with zero attached hydrogens (tertiary/aromatic N) is 3. The van der Waals surface area contributed by atoms with E-state index in [0.717, 1.165) is 6.08 Å². The largest absolute Gasteiger partial charge is 0.505 e. The number of methoxy groups -OCH3 is 2. The molecule has 0 saturated carbocycles. The number of phenolic OH excluding ortho intramolecular Hbond substituents is 2. The van der Waals surface area contributed by atoms with Gasteiger partial charge in [-0.3, -0.25) is 9.52 Å². The summed E-state index contributed by atoms with van der Waals surface area (Å²) >= 11 is 0. The number of benzene rings is 3. The van der Waals surface area contributed by atoms with Crippen LogP contribution < -0.4 is 14.2 Å². The summed E-state index contributed by atoms with van der Waals surface area (Å²) in [4.78, 5) is 17.1. The molecule has 3 aromatic carbocycles. The van der Waals surface area contributed by atoms with Gasteiger partial charge in [0.05, 0.1) is 24.8 Å². The lowest BCUT2D eigenvalue weighted by Crippen LogP contribution is -2.13. The van der Waals surface area contributed by atoms with Crippen LogP contribution in [0.4, 0.5) is 11.5 Å². The number of carbonyl (C=O) groups excluding carboxylic acids is 1. The SMILES string of the molecule is COc1cc(/C=C/C(=O)C(N=Nc2ccc(S(=O)(=O)Nc3ccccn3)cc2)=C(O)/C=C/c2ccc(O)c(OC)c2)ccc1O. The van der Waals surface area contributed by atoms with E-state index in [2.05, 4.69) is 19.9 Å². The number of pyridine rings is 1. The lowest BCUT2D eigenvalue weighted by Gasteiger charge is -2.07. The molecule has 0 amide bonds. The van der Waals surface area contributed by atoms with Crippen LogP contribution in [0.2, 0.25) is 0 Å². The summed E-state index contributed by atoms with van der Waals surface area (Å²) in [6.45, 7) is 0. The number of aromatic nitrogens is 1. The Labute approximate surface area is 259 Å². The Balaban J connectivity index is 1.63. The fourth-order valence-corrected chi connectivity index (χ4v) is 4.76. The molecule has 0 unspecified atom stereocenters. The predicted molar refractivity (Wildman–Crippen MR) is 168 cm³/mol. The van der Waals surface area contributed by atoms with Gasteiger partial charge in [0.2, 0.25) is 5.78 Å². The van der Waals surface area contributed by atoms with Gasteiger partial charge < -0.3 is 24.8 Å². The van der Waals surface area contributed by atoms with Crippen molar-refractivity contribution in [2.75, 3.05) is 18.9 Å². The van der Waals surface area contributed by atoms with Gasteiger partial charge in [0.15, 0.2) is 28.7 Å². The van der Waals surface area contributed by atoms with Crippen LogP contribution in [0, 0.1) is 0 Å². The zero-order valence-corrected chi connectivity index (χ0v) is 24.8. The third-order valence-electron chi connectivity index (χ3n) is 6.06. The summed E-state index contributed by atoms with van der Waals surface area (Å²) in [7, 11) is -1.14. The molecule has 4 rings (SSSR count). The zero-order valence-electron chi connectivity index (χ0n) is 24.0. The average Bonchev–Trinajstić information content (AvgIpc) is 3.04. The van der Waals surface area contributed by atoms with Gasteiger partial charge in [0.25, 0.3) is 10.0 Å². The molecular formula is C32H28N4O8S. The van der Waals surface area contributed by atoms with Crippen molar-refractivity contribution in [1.29, 1.82) is 0 Å². The summed E-state index contributed by atoms with van der Waals surface area (Å²) in [5.74, 6) is -0.808. The van der Waals surface area contributed by atoms with Crippen LogP contribution in [-0.2, 0) is 14.8 Å². The number of anilines is 1. The fraction of sp³-hybridized carbons (Fsp3) is 0.0625. The molecule has 0 fully saturated rings. The van der Waals surface area contributed by atoms with Crippen molar-refractivity contribution < 1.29 is 38.0 Å². The minimum Gasteiger partial charge on any atom is -0.505 e. The van der Waals surface area contributed by atoms with Crippen LogP contribution in [0.1, 0.15) is 11.1 Å². The number of ketones is 1. The number of allylic oxidation sites excluding steroid dienone is 2. The van der Waals surface area contributed by atoms with Crippen LogP contribution in [0.25, 0.3) is 12.2 Å². The number of sulfonamides is 1. The Morgan fingerprint density at radius 3 is 2.00 bits per heavy atom. The van der Waals surface area contributed by atoms with E-state index < -0.39 is 27.3 Å². The molecule has 0 atom stereocenters. The Bertz CT molecular complexity index is 1900. The van der Waals surface area contributed by atoms with E-state index in [1.165, 1.54) is 93.2 Å². The highest BCUT2D eigenvalue weighted by Crippen LogP contribution is 2.28. The minimum atomic E-state index is -3.93. The van der Waals surface area contributed by atoms with E-state index in [4.69, 9.17) is 9.47 Å². The maximum atomic E-state index is 13.2. The van der Waals surface area contributed by atoms with Gasteiger partial charge in [-0.05, 0) is 83.9 Å². The van der Waals surface area contributed by atoms with Crippen molar-refractivity contribution in [2.24, 2.45) is 10.2 Å². The van der Waals surface area contributed by atoms with E-state index in [-0.39, 0.29) is 39.4 Å². The van der Waals surface area contributed by atoms with Gasteiger partial charge in [0, 0.05) is 6.20 Å². The molecule has 45 heavy (non-hydrogen) atoms. The second kappa shape index (κ2) is 14.5. The Hall–Kier alpha value is -5.95. The van der Waals surface area contributed by atoms with Crippen molar-refractivity contribution in [3.05, 3.63) is 120 Å². The molecule has 0 aliphatic heterocycles. The van der Waals surface area contributed by atoms with E-state index in [1.54, 1.807) is 24.3 Å². The molecule has 1 heterocycles. The summed E-state index contributed by atoms with van der Waals surface area (Å²) < 4.78 is 38.0. The van der Waals surface area contributed by atoms with Crippen LogP contribution in [-0.4, -0.2) is 48.7 Å². The molecule has 0 bridgehead atoms. The second-order valence-electron chi connectivity index (χ2n) is 9.14. The first-order valence-corrected chi connectivity index (χ1v) is 14.6. The molecule has 4 aromatic rings. The maximum Gasteiger partial charge on any atom is 0.263 e. The van der Waals surface area contributed by atoms with Crippen LogP contribution in [0.15, 0.2) is 124 Å². The van der Waals surface area contributed by atoms with Crippen LogP contribution >= 0.6 is 0 Å². The smallest absolute Gasteiger partial charge is 0.263 e. The molecule has 13 heteroatoms. The van der Waals surface area contributed by atoms with Gasteiger partial charge in [-0.2, -0.15) is 5.11 Å². The lowest BCUT2D eigenvalue weighted by molar-refractivity contribution is -0.111. The topological polar surface area (TPSA) is 180 Å². The standard InChI is InChI=1S/C32H28N4O8S/c1-43-29-19-21(6-14-25(29)37)8-16-27(39)32(28(40)17-9-22-7-15-26(38)30(20-22)44-2)35-34-23-10-12-24(13-11-23)45(41,42)36-31-5-3-4-18-33-31/h3-20,37-39H,1-2H3,(H,33,36)/b16-8+,17-9+,32-27?,35-34?. The Morgan fingerprint density at radius 2 is 1.44 bits per heavy atom. The fourth-order valence-electron chi connectivity index (χ4n) is 3.75. The van der Waals surface area contributed by atoms with Gasteiger partial charge in [0.1, 0.15) is 11.6 Å². The molecule has 0 saturated heterocycles. The number of hydrogen-bond donors (Lipinski definition) is 4. The summed E-state index contributed by atoms with van der Waals surface area (Å²) in [5, 5.41) is 38.5. The molecule has 1 aromatic heterocycles. The number of ether oxygens (including phenoxy) is 2. The van der Waals surface area contributed by atoms with Crippen molar-refractivity contribution >= 4 is 39.5 Å². The average molecular weight is 629 g/mol. The molecule has 0 aliphatic rings. The minimum absolute atomic E-state index is 0.0543. The maximum absolute atomic E-state index is 13.2. The van der Waals surface area contributed by atoms with Crippen molar-refractivity contribution in [2.45, 2.75) is 4.90 Å². The van der Waals surface area contributed by atoms with Gasteiger partial charge in [-0.1, -0.05) is 30.4 Å². The molecular weight excluding hydrogens is 600 g/mol. The number of rotatable bonds is 12. The molecule has 0 radical (unpaired) electrons. The predicted octanol–water partition coefficient (Wildman–Crippen LogP) is 6.16. The van der Waals surface area contributed by atoms with E-state index in [1.807, 2.05) is 0 Å². The first-order valence-electron chi connectivity index (χ1n) is 13.1. The number of phenols is 2. The number of nitrogens with one attached hydrogen (secondary N) is 1. The monoisotopic (exact) mass is 628 g/mol. The summed E-state index contributed by atoms with van der Waals surface area (Å²) in [5.41, 5.74) is 0.844. The molecule has 0 aliphatic carbocycles. The molecule has 230 valence electrons. The lowest BCUT2D eigenvalue weighted by atomic mass is 10.1. The second-order valence-corrected chi connectivity index (χ2v) is 10.8. The number of azo groups is 1. The van der Waals surface area contributed by atoms with Gasteiger partial charge in [-0.25, -0.2) is 13.4 Å². The molecule has 12 nitrogen and oxygen atoms in total. The highest BCUT2D eigenvalue weighted by Gasteiger charge is 2.15. The molecule has 4 N–H and O–H groups in total. The number of carbonyl (C=O) groups is 1. The van der Waals surface area contributed by atoms with E-state index in [0.29, 0.717) is 11.1 Å². The number of aliphatic hydroxyl groups is 1. The van der Waals surface area contributed by atoms with E-state index >= 15 is 0 Å². The zero-order chi connectivity index (χ0) is 32.4. The molecule has 0 spiro atoms. The Kier molecular flexibility index (Phi) is 10.3. The first-order chi connectivity index (χ1) is 21.6.